The van der Waals surface area contributed by atoms with Crippen LogP contribution in [0.4, 0.5) is 0 Å². The van der Waals surface area contributed by atoms with Crippen molar-refractivity contribution in [3.8, 4) is 0 Å². The molecule has 4 rings (SSSR count). The summed E-state index contributed by atoms with van der Waals surface area (Å²) >= 11 is 3.38. The van der Waals surface area contributed by atoms with Crippen LogP contribution in [0.1, 0.15) is 37.6 Å². The molecule has 2 aromatic rings. The van der Waals surface area contributed by atoms with Crippen molar-refractivity contribution in [2.45, 2.75) is 45.1 Å². The number of amides is 1. The molecule has 3 heterocycles. The van der Waals surface area contributed by atoms with Crippen LogP contribution in [0.2, 0.25) is 0 Å². The van der Waals surface area contributed by atoms with Crippen LogP contribution in [-0.4, -0.2) is 52.8 Å². The second-order valence-corrected chi connectivity index (χ2v) is 10.5. The Balaban J connectivity index is 1.54. The number of thioether (sulfide) groups is 1. The summed E-state index contributed by atoms with van der Waals surface area (Å²) in [5.74, 6) is 1.32. The third-order valence-corrected chi connectivity index (χ3v) is 7.87. The number of carbonyl (C=O) groups excluding carboxylic acids is 1. The van der Waals surface area contributed by atoms with Crippen molar-refractivity contribution in [2.75, 3.05) is 32.1 Å². The average molecular weight is 406 g/mol. The zero-order chi connectivity index (χ0) is 19.0. The first-order valence-corrected chi connectivity index (χ1v) is 11.5. The normalized spacial score (nSPS) is 20.7. The lowest BCUT2D eigenvalue weighted by Gasteiger charge is -2.33. The molecule has 5 nitrogen and oxygen atoms in total. The van der Waals surface area contributed by atoms with Gasteiger partial charge in [-0.25, -0.2) is 9.97 Å². The van der Waals surface area contributed by atoms with E-state index in [1.165, 1.54) is 22.2 Å². The van der Waals surface area contributed by atoms with Gasteiger partial charge in [0.15, 0.2) is 0 Å². The van der Waals surface area contributed by atoms with Gasteiger partial charge in [0.25, 0.3) is 0 Å². The fourth-order valence-corrected chi connectivity index (χ4v) is 6.22. The van der Waals surface area contributed by atoms with Crippen LogP contribution in [0.5, 0.6) is 0 Å². The zero-order valence-electron chi connectivity index (χ0n) is 16.3. The standard InChI is InChI=1S/C20H27N3O2S2/c1-20(2,3)13-4-5-14-15(10-13)27-19-17(14)18(21-12-22-19)26-11-16(24)23-6-8-25-9-7-23/h12-13H,4-11H2,1-3H3/t13-/m1/s1. The van der Waals surface area contributed by atoms with E-state index in [-0.39, 0.29) is 5.91 Å². The highest BCUT2D eigenvalue weighted by molar-refractivity contribution is 8.00. The van der Waals surface area contributed by atoms with Crippen molar-refractivity contribution in [1.82, 2.24) is 14.9 Å². The SMILES string of the molecule is CC(C)(C)[C@@H]1CCc2c(sc3ncnc(SCC(=O)N4CCOCC4)c23)C1. The number of ether oxygens (including phenoxy) is 1. The molecule has 0 N–H and O–H groups in total. The average Bonchev–Trinajstić information content (AvgIpc) is 3.04. The van der Waals surface area contributed by atoms with Crippen LogP contribution >= 0.6 is 23.1 Å². The van der Waals surface area contributed by atoms with Gasteiger partial charge >= 0.3 is 0 Å². The number of aryl methyl sites for hydroxylation is 1. The van der Waals surface area contributed by atoms with Gasteiger partial charge in [-0.15, -0.1) is 11.3 Å². The number of fused-ring (bicyclic) bond motifs is 3. The number of nitrogens with zero attached hydrogens (tertiary/aromatic N) is 3. The van der Waals surface area contributed by atoms with E-state index in [1.807, 2.05) is 16.2 Å². The molecule has 1 atom stereocenters. The van der Waals surface area contributed by atoms with Crippen LogP contribution in [0.15, 0.2) is 11.4 Å². The van der Waals surface area contributed by atoms with E-state index in [0.29, 0.717) is 43.4 Å². The molecule has 1 amide bonds. The van der Waals surface area contributed by atoms with Crippen LogP contribution in [0.25, 0.3) is 10.2 Å². The Hall–Kier alpha value is -1.18. The van der Waals surface area contributed by atoms with Crippen molar-refractivity contribution in [3.05, 3.63) is 16.8 Å². The Labute approximate surface area is 168 Å². The van der Waals surface area contributed by atoms with E-state index in [0.717, 1.165) is 22.7 Å². The van der Waals surface area contributed by atoms with E-state index in [9.17, 15) is 4.79 Å². The predicted octanol–water partition coefficient (Wildman–Crippen LogP) is 3.79. The molecule has 0 spiro atoms. The summed E-state index contributed by atoms with van der Waals surface area (Å²) in [4.78, 5) is 26.0. The number of morpholine rings is 1. The molecule has 0 aromatic carbocycles. The maximum atomic E-state index is 12.5. The molecule has 7 heteroatoms. The Morgan fingerprint density at radius 2 is 2.11 bits per heavy atom. The molecule has 1 aliphatic heterocycles. The first-order valence-electron chi connectivity index (χ1n) is 9.67. The molecule has 1 aliphatic carbocycles. The number of hydrogen-bond acceptors (Lipinski definition) is 6. The summed E-state index contributed by atoms with van der Waals surface area (Å²) in [6.45, 7) is 9.69. The summed E-state index contributed by atoms with van der Waals surface area (Å²) in [6.07, 6.45) is 5.09. The van der Waals surface area contributed by atoms with Gasteiger partial charge < -0.3 is 9.64 Å². The summed E-state index contributed by atoms with van der Waals surface area (Å²) in [5.41, 5.74) is 1.76. The molecule has 1 saturated heterocycles. The van der Waals surface area contributed by atoms with Crippen LogP contribution in [-0.2, 0) is 22.4 Å². The fourth-order valence-electron chi connectivity index (χ4n) is 3.96. The molecule has 0 radical (unpaired) electrons. The minimum Gasteiger partial charge on any atom is -0.378 e. The highest BCUT2D eigenvalue weighted by Crippen LogP contribution is 2.44. The molecule has 2 aromatic heterocycles. The first-order chi connectivity index (χ1) is 12.9. The van der Waals surface area contributed by atoms with Crippen LogP contribution < -0.4 is 0 Å². The van der Waals surface area contributed by atoms with Crippen molar-refractivity contribution in [3.63, 3.8) is 0 Å². The molecule has 2 aliphatic rings. The minimum absolute atomic E-state index is 0.173. The number of thiophene rings is 1. The third-order valence-electron chi connectivity index (χ3n) is 5.73. The maximum absolute atomic E-state index is 12.5. The molecule has 0 unspecified atom stereocenters. The number of aromatic nitrogens is 2. The molecule has 1 fully saturated rings. The molecule has 0 bridgehead atoms. The molecule has 27 heavy (non-hydrogen) atoms. The Bertz CT molecular complexity index is 838. The monoisotopic (exact) mass is 405 g/mol. The zero-order valence-corrected chi connectivity index (χ0v) is 17.9. The smallest absolute Gasteiger partial charge is 0.233 e. The summed E-state index contributed by atoms with van der Waals surface area (Å²) in [5, 5.41) is 2.16. The molecule has 146 valence electrons. The lowest BCUT2D eigenvalue weighted by atomic mass is 9.72. The van der Waals surface area contributed by atoms with Gasteiger partial charge in [0.1, 0.15) is 16.2 Å². The number of hydrogen-bond donors (Lipinski definition) is 0. The summed E-state index contributed by atoms with van der Waals surface area (Å²) in [7, 11) is 0. The van der Waals surface area contributed by atoms with E-state index < -0.39 is 0 Å². The van der Waals surface area contributed by atoms with Gasteiger partial charge in [-0.2, -0.15) is 0 Å². The summed E-state index contributed by atoms with van der Waals surface area (Å²) < 4.78 is 5.33. The quantitative estimate of drug-likeness (QED) is 0.574. The minimum atomic E-state index is 0.173. The summed E-state index contributed by atoms with van der Waals surface area (Å²) in [6, 6.07) is 0. The van der Waals surface area contributed by atoms with Gasteiger partial charge in [0.05, 0.1) is 19.0 Å². The van der Waals surface area contributed by atoms with Gasteiger partial charge in [-0.1, -0.05) is 32.5 Å². The largest absolute Gasteiger partial charge is 0.378 e. The van der Waals surface area contributed by atoms with Crippen molar-refractivity contribution in [1.29, 1.82) is 0 Å². The third kappa shape index (κ3) is 4.00. The fraction of sp³-hybridized carbons (Fsp3) is 0.650. The Morgan fingerprint density at radius 3 is 2.85 bits per heavy atom. The predicted molar refractivity (Wildman–Crippen MR) is 111 cm³/mol. The highest BCUT2D eigenvalue weighted by atomic mass is 32.2. The molecular formula is C20H27N3O2S2. The lowest BCUT2D eigenvalue weighted by Crippen LogP contribution is -2.41. The van der Waals surface area contributed by atoms with Gasteiger partial charge in [-0.3, -0.25) is 4.79 Å². The molecular weight excluding hydrogens is 378 g/mol. The van der Waals surface area contributed by atoms with Gasteiger partial charge in [0, 0.05) is 23.4 Å². The van der Waals surface area contributed by atoms with E-state index in [4.69, 9.17) is 4.74 Å². The Kier molecular flexibility index (Phi) is 5.45. The second kappa shape index (κ2) is 7.68. The molecule has 0 saturated carbocycles. The maximum Gasteiger partial charge on any atom is 0.233 e. The van der Waals surface area contributed by atoms with E-state index in [1.54, 1.807) is 18.1 Å². The highest BCUT2D eigenvalue weighted by Gasteiger charge is 2.31. The topological polar surface area (TPSA) is 55.3 Å². The van der Waals surface area contributed by atoms with E-state index in [2.05, 4.69) is 30.7 Å². The lowest BCUT2D eigenvalue weighted by molar-refractivity contribution is -0.132. The number of carbonyl (C=O) groups is 1. The first kappa shape index (κ1) is 19.2. The van der Waals surface area contributed by atoms with E-state index >= 15 is 0 Å². The second-order valence-electron chi connectivity index (χ2n) is 8.45. The van der Waals surface area contributed by atoms with Crippen molar-refractivity contribution in [2.24, 2.45) is 11.3 Å². The van der Waals surface area contributed by atoms with Crippen LogP contribution in [0.3, 0.4) is 0 Å². The Morgan fingerprint density at radius 1 is 1.33 bits per heavy atom. The van der Waals surface area contributed by atoms with Crippen LogP contribution in [0, 0.1) is 11.3 Å². The van der Waals surface area contributed by atoms with Crippen molar-refractivity contribution < 1.29 is 9.53 Å². The van der Waals surface area contributed by atoms with Crippen molar-refractivity contribution >= 4 is 39.2 Å². The number of rotatable bonds is 3. The van der Waals surface area contributed by atoms with Gasteiger partial charge in [-0.05, 0) is 36.2 Å². The van der Waals surface area contributed by atoms with Gasteiger partial charge in [0.2, 0.25) is 5.91 Å².